The second-order valence-corrected chi connectivity index (χ2v) is 6.20. The Labute approximate surface area is 156 Å². The lowest BCUT2D eigenvalue weighted by atomic mass is 9.99. The molecule has 0 spiro atoms. The number of fused-ring (bicyclic) bond motifs is 1. The van der Waals surface area contributed by atoms with Crippen molar-refractivity contribution in [3.05, 3.63) is 58.9 Å². The fourth-order valence-corrected chi connectivity index (χ4v) is 2.94. The number of benzene rings is 2. The van der Waals surface area contributed by atoms with E-state index in [9.17, 15) is 27.2 Å². The summed E-state index contributed by atoms with van der Waals surface area (Å²) < 4.78 is 52.1. The molecular formula is C18H15F4N3O3. The number of carbonyl (C=O) groups excluding carboxylic acids is 1. The van der Waals surface area contributed by atoms with Crippen molar-refractivity contribution < 1.29 is 32.3 Å². The summed E-state index contributed by atoms with van der Waals surface area (Å²) in [4.78, 5) is 24.4. The number of nitrogens with zero attached hydrogens (tertiary/aromatic N) is 1. The Kier molecular flexibility index (Phi) is 5.12. The van der Waals surface area contributed by atoms with Crippen LogP contribution in [0.3, 0.4) is 0 Å². The zero-order valence-electron chi connectivity index (χ0n) is 14.3. The van der Waals surface area contributed by atoms with Crippen molar-refractivity contribution in [2.45, 2.75) is 19.1 Å². The van der Waals surface area contributed by atoms with Crippen LogP contribution in [0.4, 0.5) is 38.5 Å². The molecule has 148 valence electrons. The quantitative estimate of drug-likeness (QED) is 0.652. The largest absolute Gasteiger partial charge is 0.465 e. The molecule has 0 saturated carbocycles. The van der Waals surface area contributed by atoms with Gasteiger partial charge in [-0.2, -0.15) is 13.2 Å². The van der Waals surface area contributed by atoms with E-state index in [1.54, 1.807) is 12.1 Å². The van der Waals surface area contributed by atoms with E-state index in [0.29, 0.717) is 24.7 Å². The number of nitrogens with one attached hydrogen (secondary N) is 2. The van der Waals surface area contributed by atoms with Gasteiger partial charge in [0.25, 0.3) is 0 Å². The number of carbonyl (C=O) groups is 2. The maximum absolute atomic E-state index is 13.1. The minimum Gasteiger partial charge on any atom is -0.465 e. The van der Waals surface area contributed by atoms with E-state index < -0.39 is 35.4 Å². The SMILES string of the molecule is O=C(Nc1ccc2c(c1)CCN(C(=O)O)C2)Nc1ccc(F)cc1C(F)(F)F. The van der Waals surface area contributed by atoms with Gasteiger partial charge in [0.15, 0.2) is 0 Å². The third-order valence-electron chi connectivity index (χ3n) is 4.28. The fourth-order valence-electron chi connectivity index (χ4n) is 2.94. The topological polar surface area (TPSA) is 81.7 Å². The molecular weight excluding hydrogens is 382 g/mol. The van der Waals surface area contributed by atoms with Crippen LogP contribution in [0.15, 0.2) is 36.4 Å². The maximum Gasteiger partial charge on any atom is 0.418 e. The first-order valence-corrected chi connectivity index (χ1v) is 8.18. The van der Waals surface area contributed by atoms with Crippen LogP contribution in [-0.2, 0) is 19.1 Å². The molecule has 0 atom stereocenters. The molecule has 0 unspecified atom stereocenters. The number of amides is 3. The molecule has 28 heavy (non-hydrogen) atoms. The van der Waals surface area contributed by atoms with Crippen LogP contribution in [-0.4, -0.2) is 28.7 Å². The minimum atomic E-state index is -4.83. The van der Waals surface area contributed by atoms with Gasteiger partial charge in [-0.25, -0.2) is 14.0 Å². The summed E-state index contributed by atoms with van der Waals surface area (Å²) in [5, 5.41) is 13.5. The number of hydrogen-bond donors (Lipinski definition) is 3. The second-order valence-electron chi connectivity index (χ2n) is 6.20. The van der Waals surface area contributed by atoms with Gasteiger partial charge in [0, 0.05) is 18.8 Å². The summed E-state index contributed by atoms with van der Waals surface area (Å²) in [7, 11) is 0. The molecule has 6 nitrogen and oxygen atoms in total. The van der Waals surface area contributed by atoms with Crippen LogP contribution in [0.2, 0.25) is 0 Å². The molecule has 2 aromatic carbocycles. The van der Waals surface area contributed by atoms with Crippen molar-refractivity contribution in [3.63, 3.8) is 0 Å². The van der Waals surface area contributed by atoms with E-state index in [1.807, 2.05) is 0 Å². The molecule has 3 amide bonds. The average Bonchev–Trinajstić information content (AvgIpc) is 2.61. The molecule has 0 aromatic heterocycles. The van der Waals surface area contributed by atoms with Gasteiger partial charge in [0.1, 0.15) is 5.82 Å². The zero-order valence-corrected chi connectivity index (χ0v) is 14.3. The lowest BCUT2D eigenvalue weighted by Gasteiger charge is -2.26. The fraction of sp³-hybridized carbons (Fsp3) is 0.222. The van der Waals surface area contributed by atoms with Gasteiger partial charge >= 0.3 is 18.3 Å². The highest BCUT2D eigenvalue weighted by Gasteiger charge is 2.34. The Hall–Kier alpha value is -3.30. The maximum atomic E-state index is 13.1. The number of anilines is 2. The molecule has 0 bridgehead atoms. The first kappa shape index (κ1) is 19.5. The third-order valence-corrected chi connectivity index (χ3v) is 4.28. The summed E-state index contributed by atoms with van der Waals surface area (Å²) in [5.74, 6) is -1.07. The van der Waals surface area contributed by atoms with Gasteiger partial charge in [-0.15, -0.1) is 0 Å². The van der Waals surface area contributed by atoms with Gasteiger partial charge in [0.05, 0.1) is 11.3 Å². The molecule has 2 aromatic rings. The summed E-state index contributed by atoms with van der Waals surface area (Å²) >= 11 is 0. The summed E-state index contributed by atoms with van der Waals surface area (Å²) in [6, 6.07) is 5.87. The molecule has 10 heteroatoms. The molecule has 1 aliphatic heterocycles. The third kappa shape index (κ3) is 4.33. The van der Waals surface area contributed by atoms with Gasteiger partial charge in [-0.05, 0) is 47.9 Å². The molecule has 0 radical (unpaired) electrons. The summed E-state index contributed by atoms with van der Waals surface area (Å²) in [6.07, 6.45) is -5.39. The lowest BCUT2D eigenvalue weighted by Crippen LogP contribution is -2.34. The van der Waals surface area contributed by atoms with E-state index in [1.165, 1.54) is 11.0 Å². The van der Waals surface area contributed by atoms with E-state index in [-0.39, 0.29) is 6.54 Å². The van der Waals surface area contributed by atoms with Crippen molar-refractivity contribution in [2.75, 3.05) is 17.2 Å². The number of urea groups is 1. The Balaban J connectivity index is 1.72. The van der Waals surface area contributed by atoms with E-state index in [2.05, 4.69) is 10.6 Å². The number of hydrogen-bond acceptors (Lipinski definition) is 2. The first-order valence-electron chi connectivity index (χ1n) is 8.18. The Morgan fingerprint density at radius 3 is 2.46 bits per heavy atom. The number of carboxylic acid groups (broad SMARTS) is 1. The van der Waals surface area contributed by atoms with E-state index in [4.69, 9.17) is 5.11 Å². The van der Waals surface area contributed by atoms with Crippen molar-refractivity contribution in [1.29, 1.82) is 0 Å². The lowest BCUT2D eigenvalue weighted by molar-refractivity contribution is -0.137. The highest BCUT2D eigenvalue weighted by Crippen LogP contribution is 2.35. The van der Waals surface area contributed by atoms with Crippen molar-refractivity contribution >= 4 is 23.5 Å². The Bertz CT molecular complexity index is 931. The first-order chi connectivity index (χ1) is 13.1. The van der Waals surface area contributed by atoms with Crippen LogP contribution < -0.4 is 10.6 Å². The second kappa shape index (κ2) is 7.37. The van der Waals surface area contributed by atoms with Crippen molar-refractivity contribution in [2.24, 2.45) is 0 Å². The minimum absolute atomic E-state index is 0.224. The number of alkyl halides is 3. The molecule has 1 heterocycles. The molecule has 0 saturated heterocycles. The van der Waals surface area contributed by atoms with Gasteiger partial charge in [0.2, 0.25) is 0 Å². The summed E-state index contributed by atoms with van der Waals surface area (Å²) in [6.45, 7) is 0.532. The Morgan fingerprint density at radius 1 is 1.04 bits per heavy atom. The van der Waals surface area contributed by atoms with Crippen molar-refractivity contribution in [3.8, 4) is 0 Å². The molecule has 3 N–H and O–H groups in total. The van der Waals surface area contributed by atoms with Crippen LogP contribution in [0.25, 0.3) is 0 Å². The molecule has 3 rings (SSSR count). The summed E-state index contributed by atoms with van der Waals surface area (Å²) in [5.41, 5.74) is 0.115. The Morgan fingerprint density at radius 2 is 1.79 bits per heavy atom. The number of rotatable bonds is 2. The van der Waals surface area contributed by atoms with E-state index >= 15 is 0 Å². The van der Waals surface area contributed by atoms with Gasteiger partial charge in [-0.1, -0.05) is 6.07 Å². The highest BCUT2D eigenvalue weighted by molar-refractivity contribution is 6.00. The number of halogens is 4. The normalized spacial score (nSPS) is 13.6. The predicted molar refractivity (Wildman–Crippen MR) is 92.6 cm³/mol. The van der Waals surface area contributed by atoms with Crippen LogP contribution in [0, 0.1) is 5.82 Å². The van der Waals surface area contributed by atoms with Crippen LogP contribution >= 0.6 is 0 Å². The van der Waals surface area contributed by atoms with Crippen LogP contribution in [0.1, 0.15) is 16.7 Å². The van der Waals surface area contributed by atoms with Gasteiger partial charge < -0.3 is 20.6 Å². The standard InChI is InChI=1S/C18H15F4N3O3/c19-12-2-4-15(14(8-12)18(20,21)22)24-16(26)23-13-3-1-11-9-25(17(27)28)6-5-10(11)7-13/h1-4,7-8H,5-6,9H2,(H,27,28)(H2,23,24,26). The highest BCUT2D eigenvalue weighted by atomic mass is 19.4. The monoisotopic (exact) mass is 397 g/mol. The molecule has 0 fully saturated rings. The predicted octanol–water partition coefficient (Wildman–Crippen LogP) is 4.52. The zero-order chi connectivity index (χ0) is 20.5. The average molecular weight is 397 g/mol. The van der Waals surface area contributed by atoms with Crippen LogP contribution in [0.5, 0.6) is 0 Å². The molecule has 1 aliphatic rings. The van der Waals surface area contributed by atoms with E-state index in [0.717, 1.165) is 23.3 Å². The smallest absolute Gasteiger partial charge is 0.418 e. The molecule has 0 aliphatic carbocycles. The van der Waals surface area contributed by atoms with Gasteiger partial charge in [-0.3, -0.25) is 0 Å². The van der Waals surface area contributed by atoms with Crippen molar-refractivity contribution in [1.82, 2.24) is 4.90 Å².